The van der Waals surface area contributed by atoms with E-state index in [1.807, 2.05) is 49.3 Å². The van der Waals surface area contributed by atoms with Gasteiger partial charge in [0.15, 0.2) is 5.60 Å². The Morgan fingerprint density at radius 1 is 1.02 bits per heavy atom. The van der Waals surface area contributed by atoms with Crippen LogP contribution < -0.4 is 15.0 Å². The molecule has 1 unspecified atom stereocenters. The van der Waals surface area contributed by atoms with Gasteiger partial charge in [0.05, 0.1) is 12.1 Å². The number of rotatable bonds is 9. The van der Waals surface area contributed by atoms with Crippen LogP contribution in [0.3, 0.4) is 0 Å². The van der Waals surface area contributed by atoms with Crippen molar-refractivity contribution in [2.45, 2.75) is 57.7 Å². The average molecular weight is 571 g/mol. The molecule has 222 valence electrons. The molecule has 2 saturated heterocycles. The van der Waals surface area contributed by atoms with E-state index >= 15 is 0 Å². The fourth-order valence-corrected chi connectivity index (χ4v) is 6.16. The predicted octanol–water partition coefficient (Wildman–Crippen LogP) is 4.07. The SMILES string of the molecule is CC(C)(Oc1cccc(N2CCCC(C(=O)N(Cc3ccc(-c4cn[nH]c4)cc3)C3CC3)C2)c1)C(=O)N1CCNCC1. The summed E-state index contributed by atoms with van der Waals surface area (Å²) in [6.45, 7) is 8.93. The number of hydrogen-bond donors (Lipinski definition) is 2. The molecule has 3 aliphatic rings. The van der Waals surface area contributed by atoms with Gasteiger partial charge in [0.25, 0.3) is 5.91 Å². The summed E-state index contributed by atoms with van der Waals surface area (Å²) in [6, 6.07) is 16.8. The van der Waals surface area contributed by atoms with Crippen molar-refractivity contribution in [3.05, 3.63) is 66.5 Å². The average Bonchev–Trinajstić information content (AvgIpc) is 3.72. The van der Waals surface area contributed by atoms with Crippen molar-refractivity contribution in [2.24, 2.45) is 5.92 Å². The molecule has 2 aromatic carbocycles. The van der Waals surface area contributed by atoms with Crippen LogP contribution in [0.1, 0.15) is 45.1 Å². The number of aromatic amines is 1. The zero-order valence-corrected chi connectivity index (χ0v) is 24.7. The Morgan fingerprint density at radius 3 is 2.52 bits per heavy atom. The smallest absolute Gasteiger partial charge is 0.266 e. The van der Waals surface area contributed by atoms with Crippen LogP contribution in [-0.4, -0.2) is 82.7 Å². The molecule has 0 spiro atoms. The summed E-state index contributed by atoms with van der Waals surface area (Å²) >= 11 is 0. The molecule has 3 heterocycles. The van der Waals surface area contributed by atoms with Gasteiger partial charge in [-0.2, -0.15) is 5.10 Å². The molecule has 1 aliphatic carbocycles. The highest BCUT2D eigenvalue weighted by Gasteiger charge is 2.38. The van der Waals surface area contributed by atoms with E-state index < -0.39 is 5.60 Å². The third-order valence-corrected chi connectivity index (χ3v) is 8.65. The second kappa shape index (κ2) is 12.2. The highest BCUT2D eigenvalue weighted by molar-refractivity contribution is 5.85. The number of aromatic nitrogens is 2. The highest BCUT2D eigenvalue weighted by Crippen LogP contribution is 2.34. The van der Waals surface area contributed by atoms with Crippen LogP contribution in [0.4, 0.5) is 5.69 Å². The molecule has 2 aliphatic heterocycles. The summed E-state index contributed by atoms with van der Waals surface area (Å²) in [4.78, 5) is 33.4. The quantitative estimate of drug-likeness (QED) is 0.403. The Hall–Kier alpha value is -3.85. The maximum atomic E-state index is 13.9. The van der Waals surface area contributed by atoms with Crippen LogP contribution in [0.15, 0.2) is 60.9 Å². The Balaban J connectivity index is 1.10. The molecule has 1 saturated carbocycles. The number of piperidine rings is 1. The summed E-state index contributed by atoms with van der Waals surface area (Å²) in [5.74, 6) is 0.901. The van der Waals surface area contributed by atoms with Gasteiger partial charge in [0.2, 0.25) is 5.91 Å². The normalized spacial score (nSPS) is 19.4. The molecular formula is C33H42N6O3. The lowest BCUT2D eigenvalue weighted by atomic mass is 9.95. The molecule has 3 fully saturated rings. The molecule has 9 heteroatoms. The maximum absolute atomic E-state index is 13.9. The maximum Gasteiger partial charge on any atom is 0.266 e. The number of nitrogens with one attached hydrogen (secondary N) is 2. The van der Waals surface area contributed by atoms with Crippen LogP contribution in [0.5, 0.6) is 5.75 Å². The lowest BCUT2D eigenvalue weighted by molar-refractivity contribution is -0.146. The second-order valence-electron chi connectivity index (χ2n) is 12.3. The van der Waals surface area contributed by atoms with Crippen molar-refractivity contribution in [1.29, 1.82) is 0 Å². The molecule has 3 aromatic rings. The molecule has 9 nitrogen and oxygen atoms in total. The number of piperazine rings is 1. The zero-order chi connectivity index (χ0) is 29.1. The Kier molecular flexibility index (Phi) is 8.20. The molecule has 2 amide bonds. The Labute approximate surface area is 248 Å². The van der Waals surface area contributed by atoms with E-state index in [9.17, 15) is 9.59 Å². The molecular weight excluding hydrogens is 528 g/mol. The summed E-state index contributed by atoms with van der Waals surface area (Å²) in [5.41, 5.74) is 3.39. The molecule has 1 aromatic heterocycles. The predicted molar refractivity (Wildman–Crippen MR) is 163 cm³/mol. The van der Waals surface area contributed by atoms with Crippen LogP contribution >= 0.6 is 0 Å². The number of amides is 2. The number of hydrogen-bond acceptors (Lipinski definition) is 6. The summed E-state index contributed by atoms with van der Waals surface area (Å²) in [5, 5.41) is 10.2. The van der Waals surface area contributed by atoms with Crippen molar-refractivity contribution in [3.63, 3.8) is 0 Å². The number of nitrogens with zero attached hydrogens (tertiary/aromatic N) is 4. The van der Waals surface area contributed by atoms with E-state index in [2.05, 4.69) is 55.6 Å². The summed E-state index contributed by atoms with van der Waals surface area (Å²) < 4.78 is 6.28. The standard InChI is InChI=1S/C33H42N6O3/c1-33(2,32(41)37-17-14-34-15-18-37)42-30-7-3-6-29(19-30)38-16-4-5-26(23-38)31(40)39(28-12-13-28)22-24-8-10-25(11-9-24)27-20-35-36-21-27/h3,6-11,19-21,26,28,34H,4-5,12-18,22-23H2,1-2H3,(H,35,36). The first-order valence-corrected chi connectivity index (χ1v) is 15.3. The Bertz CT molecular complexity index is 1360. The number of carbonyl (C=O) groups is 2. The topological polar surface area (TPSA) is 93.8 Å². The van der Waals surface area contributed by atoms with E-state index in [4.69, 9.17) is 4.74 Å². The van der Waals surface area contributed by atoms with Crippen LogP contribution in [0, 0.1) is 5.92 Å². The van der Waals surface area contributed by atoms with E-state index in [1.165, 1.54) is 0 Å². The van der Waals surface area contributed by atoms with Gasteiger partial charge < -0.3 is 24.8 Å². The fraction of sp³-hybridized carbons (Fsp3) is 0.485. The first-order valence-electron chi connectivity index (χ1n) is 15.3. The minimum Gasteiger partial charge on any atom is -0.478 e. The number of ether oxygens (including phenoxy) is 1. The van der Waals surface area contributed by atoms with Crippen molar-refractivity contribution in [3.8, 4) is 16.9 Å². The summed E-state index contributed by atoms with van der Waals surface area (Å²) in [7, 11) is 0. The van der Waals surface area contributed by atoms with Crippen molar-refractivity contribution < 1.29 is 14.3 Å². The molecule has 0 bridgehead atoms. The number of anilines is 1. The van der Waals surface area contributed by atoms with Gasteiger partial charge in [-0.3, -0.25) is 14.7 Å². The van der Waals surface area contributed by atoms with Gasteiger partial charge in [0, 0.05) is 75.4 Å². The fourth-order valence-electron chi connectivity index (χ4n) is 6.16. The van der Waals surface area contributed by atoms with Gasteiger partial charge in [-0.1, -0.05) is 30.3 Å². The minimum atomic E-state index is -0.960. The van der Waals surface area contributed by atoms with Gasteiger partial charge in [-0.15, -0.1) is 0 Å². The third kappa shape index (κ3) is 6.46. The van der Waals surface area contributed by atoms with E-state index in [0.29, 0.717) is 38.0 Å². The molecule has 6 rings (SSSR count). The highest BCUT2D eigenvalue weighted by atomic mass is 16.5. The lowest BCUT2D eigenvalue weighted by Gasteiger charge is -2.37. The molecule has 0 radical (unpaired) electrons. The van der Waals surface area contributed by atoms with E-state index in [-0.39, 0.29) is 17.7 Å². The van der Waals surface area contributed by atoms with Crippen molar-refractivity contribution in [1.82, 2.24) is 25.3 Å². The van der Waals surface area contributed by atoms with Crippen molar-refractivity contribution >= 4 is 17.5 Å². The van der Waals surface area contributed by atoms with Gasteiger partial charge in [-0.25, -0.2) is 0 Å². The monoisotopic (exact) mass is 570 g/mol. The zero-order valence-electron chi connectivity index (χ0n) is 24.7. The molecule has 1 atom stereocenters. The van der Waals surface area contributed by atoms with E-state index in [1.54, 1.807) is 0 Å². The van der Waals surface area contributed by atoms with Gasteiger partial charge in [0.1, 0.15) is 5.75 Å². The third-order valence-electron chi connectivity index (χ3n) is 8.65. The van der Waals surface area contributed by atoms with Crippen molar-refractivity contribution in [2.75, 3.05) is 44.2 Å². The first kappa shape index (κ1) is 28.3. The summed E-state index contributed by atoms with van der Waals surface area (Å²) in [6.07, 6.45) is 7.74. The number of carbonyl (C=O) groups excluding carboxylic acids is 2. The minimum absolute atomic E-state index is 0.00863. The number of H-pyrrole nitrogens is 1. The second-order valence-corrected chi connectivity index (χ2v) is 12.3. The largest absolute Gasteiger partial charge is 0.478 e. The van der Waals surface area contributed by atoms with E-state index in [0.717, 1.165) is 67.7 Å². The lowest BCUT2D eigenvalue weighted by Crippen LogP contribution is -2.54. The van der Waals surface area contributed by atoms with Crippen LogP contribution in [0.25, 0.3) is 11.1 Å². The van der Waals surface area contributed by atoms with Crippen LogP contribution in [0.2, 0.25) is 0 Å². The van der Waals surface area contributed by atoms with Crippen LogP contribution in [-0.2, 0) is 16.1 Å². The first-order chi connectivity index (χ1) is 20.4. The molecule has 42 heavy (non-hydrogen) atoms. The number of benzene rings is 2. The Morgan fingerprint density at radius 2 is 1.81 bits per heavy atom. The van der Waals surface area contributed by atoms with Gasteiger partial charge in [-0.05, 0) is 62.8 Å². The molecule has 2 N–H and O–H groups in total. The van der Waals surface area contributed by atoms with Gasteiger partial charge >= 0.3 is 0 Å².